The van der Waals surface area contributed by atoms with Crippen LogP contribution < -0.4 is 5.32 Å². The highest BCUT2D eigenvalue weighted by atomic mass is 32.2. The van der Waals surface area contributed by atoms with Crippen LogP contribution in [0.3, 0.4) is 0 Å². The van der Waals surface area contributed by atoms with Crippen LogP contribution in [-0.2, 0) is 9.84 Å². The van der Waals surface area contributed by atoms with E-state index in [0.29, 0.717) is 5.69 Å². The summed E-state index contributed by atoms with van der Waals surface area (Å²) < 4.78 is 22.6. The molecule has 0 aliphatic rings. The molecule has 0 aliphatic carbocycles. The minimum absolute atomic E-state index is 0.101. The van der Waals surface area contributed by atoms with E-state index in [4.69, 9.17) is 17.5 Å². The number of hydrogen-bond donors (Lipinski definition) is 1. The van der Waals surface area contributed by atoms with Gasteiger partial charge in [0.2, 0.25) is 0 Å². The zero-order chi connectivity index (χ0) is 14.6. The highest BCUT2D eigenvalue weighted by Gasteiger charge is 2.25. The van der Waals surface area contributed by atoms with Gasteiger partial charge in [0.15, 0.2) is 15.1 Å². The Balaban J connectivity index is 2.89. The highest BCUT2D eigenvalue weighted by Crippen LogP contribution is 2.16. The molecule has 1 N–H and O–H groups in total. The van der Waals surface area contributed by atoms with Crippen molar-refractivity contribution < 1.29 is 13.3 Å². The smallest absolute Gasteiger partial charge is 0.269 e. The van der Waals surface area contributed by atoms with Crippen LogP contribution in [0.4, 0.5) is 11.4 Å². The quantitative estimate of drug-likeness (QED) is 0.506. The van der Waals surface area contributed by atoms with Gasteiger partial charge < -0.3 is 5.32 Å². The Morgan fingerprint density at radius 2 is 2.00 bits per heavy atom. The predicted molar refractivity (Wildman–Crippen MR) is 73.6 cm³/mol. The molecule has 0 saturated heterocycles. The van der Waals surface area contributed by atoms with Crippen LogP contribution in [0.15, 0.2) is 24.3 Å². The van der Waals surface area contributed by atoms with E-state index in [-0.39, 0.29) is 10.7 Å². The molecule has 19 heavy (non-hydrogen) atoms. The van der Waals surface area contributed by atoms with Crippen LogP contribution >= 0.6 is 12.2 Å². The summed E-state index contributed by atoms with van der Waals surface area (Å²) in [5, 5.41) is 20.4. The van der Waals surface area contributed by atoms with Crippen molar-refractivity contribution in [2.24, 2.45) is 0 Å². The summed E-state index contributed by atoms with van der Waals surface area (Å²) in [4.78, 5) is 9.73. The number of nitro groups is 1. The number of non-ortho nitro benzene ring substituents is 1. The van der Waals surface area contributed by atoms with Crippen molar-refractivity contribution in [1.82, 2.24) is 0 Å². The maximum absolute atomic E-state index is 11.3. The molecule has 1 aromatic rings. The lowest BCUT2D eigenvalue weighted by Crippen LogP contribution is -2.31. The summed E-state index contributed by atoms with van der Waals surface area (Å²) in [5.74, 6) is 0. The van der Waals surface area contributed by atoms with Crippen LogP contribution in [-0.4, -0.2) is 29.8 Å². The lowest BCUT2D eigenvalue weighted by molar-refractivity contribution is -0.384. The maximum Gasteiger partial charge on any atom is 0.269 e. The lowest BCUT2D eigenvalue weighted by atomic mass is 10.3. The Hall–Kier alpha value is -2.05. The zero-order valence-corrected chi connectivity index (χ0v) is 11.4. The molecule has 0 fully saturated rings. The number of nitro benzene ring substituents is 1. The van der Waals surface area contributed by atoms with Gasteiger partial charge in [0.05, 0.1) is 11.0 Å². The van der Waals surface area contributed by atoms with Crippen LogP contribution in [0.2, 0.25) is 0 Å². The Labute approximate surface area is 114 Å². The molecule has 100 valence electrons. The first-order valence-electron chi connectivity index (χ1n) is 4.89. The number of sulfone groups is 1. The molecule has 0 saturated carbocycles. The molecule has 9 heteroatoms. The summed E-state index contributed by atoms with van der Waals surface area (Å²) >= 11 is 4.84. The molecule has 0 radical (unpaired) electrons. The number of rotatable bonds is 4. The lowest BCUT2D eigenvalue weighted by Gasteiger charge is -2.11. The van der Waals surface area contributed by atoms with E-state index in [9.17, 15) is 18.5 Å². The number of thiocarbonyl (C=S) groups is 1. The normalized spacial score (nSPS) is 12.2. The van der Waals surface area contributed by atoms with Gasteiger partial charge in [-0.1, -0.05) is 12.2 Å². The van der Waals surface area contributed by atoms with E-state index in [1.54, 1.807) is 6.07 Å². The molecule has 0 aromatic heterocycles. The van der Waals surface area contributed by atoms with Crippen molar-refractivity contribution in [2.75, 3.05) is 11.6 Å². The summed E-state index contributed by atoms with van der Waals surface area (Å²) in [6.07, 6.45) is 0.907. The molecule has 0 aliphatic heterocycles. The molecular weight excluding hydrogens is 290 g/mol. The van der Waals surface area contributed by atoms with E-state index < -0.39 is 20.0 Å². The average Bonchev–Trinajstić information content (AvgIpc) is 2.28. The zero-order valence-electron chi connectivity index (χ0n) is 9.73. The molecule has 7 nitrogen and oxygen atoms in total. The largest absolute Gasteiger partial charge is 0.348 e. The Morgan fingerprint density at radius 1 is 1.47 bits per heavy atom. The van der Waals surface area contributed by atoms with Gasteiger partial charge >= 0.3 is 0 Å². The second-order valence-electron chi connectivity index (χ2n) is 3.63. The van der Waals surface area contributed by atoms with E-state index in [1.807, 2.05) is 0 Å². The average molecular weight is 299 g/mol. The molecule has 1 atom stereocenters. The summed E-state index contributed by atoms with van der Waals surface area (Å²) in [5.41, 5.74) is 0.274. The van der Waals surface area contributed by atoms with Crippen LogP contribution in [0.1, 0.15) is 0 Å². The highest BCUT2D eigenvalue weighted by molar-refractivity contribution is 7.94. The van der Waals surface area contributed by atoms with Gasteiger partial charge in [0, 0.05) is 24.1 Å². The first-order chi connectivity index (χ1) is 8.75. The van der Waals surface area contributed by atoms with Gasteiger partial charge in [0.25, 0.3) is 5.69 Å². The van der Waals surface area contributed by atoms with Crippen LogP contribution in [0.5, 0.6) is 0 Å². The molecule has 0 spiro atoms. The van der Waals surface area contributed by atoms with Gasteiger partial charge in [-0.25, -0.2) is 8.42 Å². The molecule has 0 bridgehead atoms. The molecular formula is C10H9N3O4S2. The fourth-order valence-electron chi connectivity index (χ4n) is 1.22. The first-order valence-corrected chi connectivity index (χ1v) is 7.26. The third kappa shape index (κ3) is 3.97. The molecule has 1 aromatic carbocycles. The van der Waals surface area contributed by atoms with Crippen LogP contribution in [0, 0.1) is 21.4 Å². The molecule has 0 amide bonds. The minimum Gasteiger partial charge on any atom is -0.348 e. The topological polar surface area (TPSA) is 113 Å². The summed E-state index contributed by atoms with van der Waals surface area (Å²) in [7, 11) is -3.63. The number of nitrogens with one attached hydrogen (secondary N) is 1. The van der Waals surface area contributed by atoms with Gasteiger partial charge in [-0.05, 0) is 12.1 Å². The van der Waals surface area contributed by atoms with Gasteiger partial charge in [0.1, 0.15) is 4.99 Å². The second-order valence-corrected chi connectivity index (χ2v) is 6.20. The van der Waals surface area contributed by atoms with Crippen molar-refractivity contribution in [3.63, 3.8) is 0 Å². The van der Waals surface area contributed by atoms with E-state index in [1.165, 1.54) is 24.3 Å². The minimum atomic E-state index is -3.63. The number of benzene rings is 1. The van der Waals surface area contributed by atoms with E-state index in [0.717, 1.165) is 6.26 Å². The second kappa shape index (κ2) is 5.73. The fraction of sp³-hybridized carbons (Fsp3) is 0.200. The van der Waals surface area contributed by atoms with E-state index in [2.05, 4.69) is 5.32 Å². The number of anilines is 1. The SMILES string of the molecule is CS(=O)(=O)C(C#N)C(=S)Nc1ccc([N+](=O)[O-])cc1. The van der Waals surface area contributed by atoms with Crippen molar-refractivity contribution in [2.45, 2.75) is 5.25 Å². The van der Waals surface area contributed by atoms with Gasteiger partial charge in [-0.15, -0.1) is 0 Å². The van der Waals surface area contributed by atoms with E-state index >= 15 is 0 Å². The summed E-state index contributed by atoms with van der Waals surface area (Å²) in [6.45, 7) is 0. The van der Waals surface area contributed by atoms with Crippen molar-refractivity contribution in [1.29, 1.82) is 5.26 Å². The Bertz CT molecular complexity index is 646. The third-order valence-corrected chi connectivity index (χ3v) is 3.81. The van der Waals surface area contributed by atoms with Crippen molar-refractivity contribution in [3.05, 3.63) is 34.4 Å². The van der Waals surface area contributed by atoms with Gasteiger partial charge in [-0.2, -0.15) is 5.26 Å². The third-order valence-electron chi connectivity index (χ3n) is 2.13. The maximum atomic E-state index is 11.3. The molecule has 0 heterocycles. The van der Waals surface area contributed by atoms with Gasteiger partial charge in [-0.3, -0.25) is 10.1 Å². The standard InChI is InChI=1S/C10H9N3O4S2/c1-19(16,17)9(6-11)10(18)12-7-2-4-8(5-3-7)13(14)15/h2-5,9H,1H3,(H,12,18). The first kappa shape index (κ1) is 15.0. The summed E-state index contributed by atoms with van der Waals surface area (Å²) in [6, 6.07) is 6.83. The number of nitrogens with zero attached hydrogens (tertiary/aromatic N) is 2. The fourth-order valence-corrected chi connectivity index (χ4v) is 2.56. The Morgan fingerprint density at radius 3 is 2.37 bits per heavy atom. The van der Waals surface area contributed by atoms with Crippen molar-refractivity contribution >= 4 is 38.4 Å². The number of nitriles is 1. The molecule has 1 rings (SSSR count). The van der Waals surface area contributed by atoms with Crippen LogP contribution in [0.25, 0.3) is 0 Å². The Kier molecular flexibility index (Phi) is 4.52. The predicted octanol–water partition coefficient (Wildman–Crippen LogP) is 1.27. The molecule has 1 unspecified atom stereocenters. The van der Waals surface area contributed by atoms with Crippen molar-refractivity contribution in [3.8, 4) is 6.07 Å². The monoisotopic (exact) mass is 299 g/mol. The number of hydrogen-bond acceptors (Lipinski definition) is 6.